The topological polar surface area (TPSA) is 82.9 Å². The van der Waals surface area contributed by atoms with Crippen LogP contribution in [0, 0.1) is 17.7 Å². The van der Waals surface area contributed by atoms with Gasteiger partial charge in [-0.25, -0.2) is 9.18 Å². The monoisotopic (exact) mass is 455 g/mol. The quantitative estimate of drug-likeness (QED) is 0.552. The van der Waals surface area contributed by atoms with Gasteiger partial charge in [0.25, 0.3) is 0 Å². The molecule has 9 heteroatoms. The van der Waals surface area contributed by atoms with Crippen LogP contribution in [0.15, 0.2) is 48.5 Å². The lowest BCUT2D eigenvalue weighted by Gasteiger charge is -2.24. The zero-order valence-corrected chi connectivity index (χ0v) is 18.4. The summed E-state index contributed by atoms with van der Waals surface area (Å²) in [4.78, 5) is 15.7. The molecular formula is C23H26FN5O2S. The number of piperidine rings is 1. The van der Waals surface area contributed by atoms with E-state index >= 15 is 0 Å². The number of halogens is 1. The first-order valence-corrected chi connectivity index (χ1v) is 11.2. The largest absolute Gasteiger partial charge is 0.442 e. The van der Waals surface area contributed by atoms with Crippen molar-refractivity contribution >= 4 is 34.8 Å². The van der Waals surface area contributed by atoms with Gasteiger partial charge in [-0.1, -0.05) is 30.3 Å². The fourth-order valence-corrected chi connectivity index (χ4v) is 4.91. The molecule has 32 heavy (non-hydrogen) atoms. The minimum Gasteiger partial charge on any atom is -0.442 e. The summed E-state index contributed by atoms with van der Waals surface area (Å²) in [5.41, 5.74) is 7.77. The lowest BCUT2D eigenvalue weighted by Crippen LogP contribution is -2.37. The van der Waals surface area contributed by atoms with Crippen LogP contribution in [0.3, 0.4) is 0 Å². The molecule has 7 nitrogen and oxygen atoms in total. The zero-order chi connectivity index (χ0) is 22.2. The third-order valence-corrected chi connectivity index (χ3v) is 6.68. The number of hydrogen-bond donors (Lipinski definition) is 3. The molecule has 2 aliphatic heterocycles. The van der Waals surface area contributed by atoms with Crippen LogP contribution >= 0.6 is 12.2 Å². The number of nitrogens with one attached hydrogen (secondary N) is 2. The molecule has 2 saturated heterocycles. The summed E-state index contributed by atoms with van der Waals surface area (Å²) >= 11 is 4.78. The summed E-state index contributed by atoms with van der Waals surface area (Å²) in [6.45, 7) is 3.18. The third kappa shape index (κ3) is 4.22. The van der Waals surface area contributed by atoms with Gasteiger partial charge in [-0.05, 0) is 47.8 Å². The molecule has 2 heterocycles. The maximum atomic E-state index is 15.0. The van der Waals surface area contributed by atoms with Crippen molar-refractivity contribution in [3.63, 3.8) is 0 Å². The first kappa shape index (κ1) is 21.0. The molecule has 1 aliphatic carbocycles. The number of anilines is 2. The van der Waals surface area contributed by atoms with Crippen molar-refractivity contribution in [2.24, 2.45) is 17.6 Å². The lowest BCUT2D eigenvalue weighted by atomic mass is 10.2. The number of nitrogens with zero attached hydrogens (tertiary/aromatic N) is 2. The first-order chi connectivity index (χ1) is 15.5. The van der Waals surface area contributed by atoms with Crippen molar-refractivity contribution in [2.75, 3.05) is 36.0 Å². The summed E-state index contributed by atoms with van der Waals surface area (Å²) < 4.78 is 20.3. The minimum absolute atomic E-state index is 0.149. The van der Waals surface area contributed by atoms with Gasteiger partial charge >= 0.3 is 6.09 Å². The highest BCUT2D eigenvalue weighted by Crippen LogP contribution is 2.47. The van der Waals surface area contributed by atoms with Crippen LogP contribution in [-0.4, -0.2) is 49.5 Å². The van der Waals surface area contributed by atoms with E-state index in [4.69, 9.17) is 22.7 Å². The molecule has 3 unspecified atom stereocenters. The number of rotatable bonds is 7. The highest BCUT2D eigenvalue weighted by atomic mass is 32.1. The minimum atomic E-state index is -0.498. The van der Waals surface area contributed by atoms with Crippen LogP contribution in [0.1, 0.15) is 5.56 Å². The van der Waals surface area contributed by atoms with Gasteiger partial charge < -0.3 is 26.0 Å². The van der Waals surface area contributed by atoms with Gasteiger partial charge in [-0.3, -0.25) is 4.90 Å². The Hall–Kier alpha value is -2.91. The fourth-order valence-electron chi connectivity index (χ4n) is 4.83. The lowest BCUT2D eigenvalue weighted by molar-refractivity contribution is 0.143. The van der Waals surface area contributed by atoms with Crippen LogP contribution in [0.5, 0.6) is 0 Å². The van der Waals surface area contributed by atoms with Crippen molar-refractivity contribution in [2.45, 2.75) is 18.7 Å². The van der Waals surface area contributed by atoms with E-state index in [9.17, 15) is 9.18 Å². The summed E-state index contributed by atoms with van der Waals surface area (Å²) in [6.07, 6.45) is -0.889. The Morgan fingerprint density at radius 3 is 2.59 bits per heavy atom. The Balaban J connectivity index is 1.16. The number of nitrogens with two attached hydrogens (primary N) is 1. The predicted molar refractivity (Wildman–Crippen MR) is 125 cm³/mol. The molecule has 0 bridgehead atoms. The molecule has 3 aliphatic rings. The van der Waals surface area contributed by atoms with E-state index in [0.717, 1.165) is 19.6 Å². The summed E-state index contributed by atoms with van der Waals surface area (Å²) in [6, 6.07) is 15.8. The Bertz CT molecular complexity index is 1010. The van der Waals surface area contributed by atoms with Gasteiger partial charge in [0.05, 0.1) is 24.5 Å². The number of ether oxygens (including phenoxy) is 1. The number of benzene rings is 2. The number of amides is 1. The van der Waals surface area contributed by atoms with E-state index in [1.807, 2.05) is 18.2 Å². The van der Waals surface area contributed by atoms with Crippen molar-refractivity contribution in [1.29, 1.82) is 0 Å². The molecule has 2 aromatic rings. The number of hydrogen-bond acceptors (Lipinski definition) is 5. The number of fused-ring (bicyclic) bond motifs is 1. The maximum Gasteiger partial charge on any atom is 0.414 e. The smallest absolute Gasteiger partial charge is 0.414 e. The number of carbonyl (C=O) groups is 1. The van der Waals surface area contributed by atoms with E-state index in [2.05, 4.69) is 27.7 Å². The van der Waals surface area contributed by atoms with Crippen LogP contribution in [0.4, 0.5) is 20.6 Å². The van der Waals surface area contributed by atoms with Crippen molar-refractivity contribution < 1.29 is 13.9 Å². The van der Waals surface area contributed by atoms with E-state index in [-0.39, 0.29) is 10.9 Å². The van der Waals surface area contributed by atoms with Gasteiger partial charge in [0, 0.05) is 25.7 Å². The van der Waals surface area contributed by atoms with Crippen LogP contribution in [0.2, 0.25) is 0 Å². The zero-order valence-electron chi connectivity index (χ0n) is 17.5. The Morgan fingerprint density at radius 2 is 1.91 bits per heavy atom. The highest BCUT2D eigenvalue weighted by molar-refractivity contribution is 7.80. The second-order valence-corrected chi connectivity index (χ2v) is 9.06. The number of thiocarbonyl (C=S) groups is 1. The van der Waals surface area contributed by atoms with E-state index in [1.54, 1.807) is 12.1 Å². The molecule has 168 valence electrons. The summed E-state index contributed by atoms with van der Waals surface area (Å²) in [5, 5.41) is 6.57. The molecule has 1 saturated carbocycles. The number of carbonyl (C=O) groups excluding carboxylic acids is 1. The molecule has 0 aromatic heterocycles. The van der Waals surface area contributed by atoms with Crippen molar-refractivity contribution in [3.05, 3.63) is 59.9 Å². The second-order valence-electron chi connectivity index (χ2n) is 8.62. The van der Waals surface area contributed by atoms with E-state index in [0.29, 0.717) is 42.3 Å². The Kier molecular flexibility index (Phi) is 5.60. The normalized spacial score (nSPS) is 26.1. The maximum absolute atomic E-state index is 15.0. The highest BCUT2D eigenvalue weighted by Gasteiger charge is 2.55. The third-order valence-electron chi connectivity index (χ3n) is 6.54. The van der Waals surface area contributed by atoms with E-state index in [1.165, 1.54) is 16.5 Å². The molecule has 5 rings (SSSR count). The fraction of sp³-hybridized carbons (Fsp3) is 0.391. The molecule has 2 aromatic carbocycles. The Morgan fingerprint density at radius 1 is 1.16 bits per heavy atom. The van der Waals surface area contributed by atoms with Gasteiger partial charge in [0.2, 0.25) is 0 Å². The van der Waals surface area contributed by atoms with Crippen LogP contribution < -0.4 is 26.2 Å². The van der Waals surface area contributed by atoms with E-state index < -0.39 is 12.2 Å². The molecule has 1 amide bonds. The van der Waals surface area contributed by atoms with Gasteiger partial charge in [0.1, 0.15) is 11.9 Å². The van der Waals surface area contributed by atoms with Gasteiger partial charge in [-0.2, -0.15) is 0 Å². The van der Waals surface area contributed by atoms with Crippen molar-refractivity contribution in [3.8, 4) is 0 Å². The standard InChI is InChI=1S/C23H26FN5O2S/c24-19-8-15(29-11-16(31-23(29)30)10-27-22(25)32)6-7-20(19)28-12-17-18(13-28)21(17)26-9-14-4-2-1-3-5-14/h1-8,16-18,21,26H,9-13H2,(H3,25,27,32). The molecule has 3 atom stereocenters. The molecule has 0 spiro atoms. The average Bonchev–Trinajstić information content (AvgIpc) is 3.09. The average molecular weight is 456 g/mol. The Labute approximate surface area is 191 Å². The predicted octanol–water partition coefficient (Wildman–Crippen LogP) is 2.21. The first-order valence-electron chi connectivity index (χ1n) is 10.8. The van der Waals surface area contributed by atoms with Gasteiger partial charge in [0.15, 0.2) is 5.11 Å². The molecular weight excluding hydrogens is 429 g/mol. The second kappa shape index (κ2) is 8.55. The van der Waals surface area contributed by atoms with Crippen molar-refractivity contribution in [1.82, 2.24) is 10.6 Å². The molecule has 4 N–H and O–H groups in total. The molecule has 0 radical (unpaired) electrons. The van der Waals surface area contributed by atoms with Gasteiger partial charge in [-0.15, -0.1) is 0 Å². The van der Waals surface area contributed by atoms with Crippen LogP contribution in [-0.2, 0) is 11.3 Å². The molecule has 3 fully saturated rings. The van der Waals surface area contributed by atoms with Crippen LogP contribution in [0.25, 0.3) is 0 Å². The summed E-state index contributed by atoms with van der Waals surface area (Å²) in [7, 11) is 0. The summed E-state index contributed by atoms with van der Waals surface area (Å²) in [5.74, 6) is 0.775. The number of cyclic esters (lactones) is 1. The SMILES string of the molecule is NC(=S)NCC1CN(c2ccc(N3CC4C(C3)C4NCc3ccccc3)c(F)c2)C(=O)O1.